The zero-order valence-corrected chi connectivity index (χ0v) is 10.1. The molecule has 1 unspecified atom stereocenters. The second kappa shape index (κ2) is 6.47. The van der Waals surface area contributed by atoms with Crippen LogP contribution in [0.4, 0.5) is 8.78 Å². The van der Waals surface area contributed by atoms with Gasteiger partial charge >= 0.3 is 0 Å². The molecule has 16 heavy (non-hydrogen) atoms. The predicted molar refractivity (Wildman–Crippen MR) is 59.9 cm³/mol. The molecule has 0 radical (unpaired) electrons. The number of halogens is 2. The van der Waals surface area contributed by atoms with Gasteiger partial charge in [0.25, 0.3) is 6.43 Å². The Hall–Kier alpha value is -0.260. The van der Waals surface area contributed by atoms with Gasteiger partial charge in [0.15, 0.2) is 0 Å². The molecular weight excluding hydrogens is 214 g/mol. The number of nitrogens with one attached hydrogen (secondary N) is 1. The van der Waals surface area contributed by atoms with Crippen LogP contribution in [0.15, 0.2) is 0 Å². The third-order valence-corrected chi connectivity index (χ3v) is 2.99. The van der Waals surface area contributed by atoms with Gasteiger partial charge < -0.3 is 15.0 Å². The van der Waals surface area contributed by atoms with E-state index in [1.54, 1.807) is 11.9 Å². The molecule has 1 atom stereocenters. The van der Waals surface area contributed by atoms with E-state index in [4.69, 9.17) is 4.74 Å². The van der Waals surface area contributed by atoms with Gasteiger partial charge in [-0.3, -0.25) is 0 Å². The summed E-state index contributed by atoms with van der Waals surface area (Å²) in [5, 5.41) is 3.30. The molecule has 0 aromatic rings. The third-order valence-electron chi connectivity index (χ3n) is 2.99. The highest BCUT2D eigenvalue weighted by Gasteiger charge is 2.35. The van der Waals surface area contributed by atoms with Crippen molar-refractivity contribution in [3.05, 3.63) is 0 Å². The van der Waals surface area contributed by atoms with E-state index in [2.05, 4.69) is 5.32 Å². The van der Waals surface area contributed by atoms with Gasteiger partial charge in [-0.2, -0.15) is 0 Å². The first-order chi connectivity index (χ1) is 7.58. The quantitative estimate of drug-likeness (QED) is 0.719. The normalized spacial score (nSPS) is 25.9. The fourth-order valence-electron chi connectivity index (χ4n) is 2.23. The lowest BCUT2D eigenvalue weighted by Gasteiger charge is -2.32. The van der Waals surface area contributed by atoms with E-state index >= 15 is 0 Å². The van der Waals surface area contributed by atoms with E-state index in [0.717, 1.165) is 26.1 Å². The highest BCUT2D eigenvalue weighted by molar-refractivity contribution is 4.87. The minimum Gasteiger partial charge on any atom is -0.381 e. The highest BCUT2D eigenvalue weighted by atomic mass is 19.3. The minimum atomic E-state index is -2.26. The van der Waals surface area contributed by atoms with Gasteiger partial charge in [-0.15, -0.1) is 0 Å². The summed E-state index contributed by atoms with van der Waals surface area (Å²) in [6.07, 6.45) is -1.31. The number of ether oxygens (including phenoxy) is 1. The molecule has 0 amide bonds. The fourth-order valence-corrected chi connectivity index (χ4v) is 2.23. The van der Waals surface area contributed by atoms with Crippen molar-refractivity contribution in [2.45, 2.75) is 19.8 Å². The number of nitrogens with zero attached hydrogens (tertiary/aromatic N) is 1. The second-order valence-corrected chi connectivity index (χ2v) is 4.67. The molecule has 0 aromatic carbocycles. The van der Waals surface area contributed by atoms with Gasteiger partial charge in [-0.05, 0) is 20.0 Å². The maximum absolute atomic E-state index is 12.2. The third kappa shape index (κ3) is 4.31. The first kappa shape index (κ1) is 13.8. The Morgan fingerprint density at radius 1 is 1.50 bits per heavy atom. The van der Waals surface area contributed by atoms with Gasteiger partial charge in [0.1, 0.15) is 0 Å². The van der Waals surface area contributed by atoms with Crippen LogP contribution in [0, 0.1) is 5.41 Å². The Morgan fingerprint density at radius 2 is 2.25 bits per heavy atom. The van der Waals surface area contributed by atoms with E-state index in [1.807, 2.05) is 6.92 Å². The molecule has 0 spiro atoms. The lowest BCUT2D eigenvalue weighted by atomic mass is 9.86. The molecule has 0 bridgehead atoms. The Bertz CT molecular complexity index is 196. The van der Waals surface area contributed by atoms with Crippen LogP contribution in [0.25, 0.3) is 0 Å². The standard InChI is InChI=1S/C11H22F2N2O/c1-3-14-7-11(4-5-16-9-11)8-15(2)6-10(12)13/h10,14H,3-9H2,1-2H3. The minimum absolute atomic E-state index is 0.0135. The lowest BCUT2D eigenvalue weighted by molar-refractivity contribution is 0.0669. The van der Waals surface area contributed by atoms with Crippen LogP contribution in [-0.4, -0.2) is 57.8 Å². The van der Waals surface area contributed by atoms with E-state index in [9.17, 15) is 8.78 Å². The van der Waals surface area contributed by atoms with Crippen molar-refractivity contribution in [1.29, 1.82) is 0 Å². The maximum Gasteiger partial charge on any atom is 0.251 e. The molecule has 96 valence electrons. The van der Waals surface area contributed by atoms with Gasteiger partial charge in [0.05, 0.1) is 13.2 Å². The molecule has 3 nitrogen and oxygen atoms in total. The largest absolute Gasteiger partial charge is 0.381 e. The summed E-state index contributed by atoms with van der Waals surface area (Å²) in [7, 11) is 1.75. The molecule has 0 aliphatic carbocycles. The molecule has 1 saturated heterocycles. The van der Waals surface area contributed by atoms with Crippen molar-refractivity contribution in [3.8, 4) is 0 Å². The van der Waals surface area contributed by atoms with Crippen molar-refractivity contribution < 1.29 is 13.5 Å². The molecule has 1 rings (SSSR count). The first-order valence-corrected chi connectivity index (χ1v) is 5.83. The molecule has 0 aromatic heterocycles. The smallest absolute Gasteiger partial charge is 0.251 e. The van der Waals surface area contributed by atoms with Crippen molar-refractivity contribution in [1.82, 2.24) is 10.2 Å². The zero-order chi connectivity index (χ0) is 12.0. The Balaban J connectivity index is 2.43. The monoisotopic (exact) mass is 236 g/mol. The van der Waals surface area contributed by atoms with Crippen LogP contribution in [0.2, 0.25) is 0 Å². The Kier molecular flexibility index (Phi) is 5.58. The molecule has 1 heterocycles. The first-order valence-electron chi connectivity index (χ1n) is 5.83. The van der Waals surface area contributed by atoms with E-state index in [1.165, 1.54) is 0 Å². The molecular formula is C11H22F2N2O. The Morgan fingerprint density at radius 3 is 2.75 bits per heavy atom. The van der Waals surface area contributed by atoms with Crippen LogP contribution in [0.1, 0.15) is 13.3 Å². The SMILES string of the molecule is CCNCC1(CN(C)CC(F)F)CCOC1. The van der Waals surface area contributed by atoms with Crippen molar-refractivity contribution in [3.63, 3.8) is 0 Å². The lowest BCUT2D eigenvalue weighted by Crippen LogP contribution is -2.44. The average Bonchev–Trinajstić information content (AvgIpc) is 2.62. The van der Waals surface area contributed by atoms with Crippen LogP contribution in [0.3, 0.4) is 0 Å². The maximum atomic E-state index is 12.2. The van der Waals surface area contributed by atoms with Crippen LogP contribution in [-0.2, 0) is 4.74 Å². The van der Waals surface area contributed by atoms with Crippen molar-refractivity contribution in [2.75, 3.05) is 46.4 Å². The molecule has 1 aliphatic rings. The molecule has 0 saturated carbocycles. The van der Waals surface area contributed by atoms with Crippen LogP contribution in [0.5, 0.6) is 0 Å². The number of rotatable bonds is 7. The number of hydrogen-bond acceptors (Lipinski definition) is 3. The second-order valence-electron chi connectivity index (χ2n) is 4.67. The summed E-state index contributed by atoms with van der Waals surface area (Å²) in [4.78, 5) is 1.71. The van der Waals surface area contributed by atoms with Gasteiger partial charge in [0, 0.05) is 25.1 Å². The Labute approximate surface area is 96.1 Å². The predicted octanol–water partition coefficient (Wildman–Crippen LogP) is 1.20. The number of alkyl halides is 2. The van der Waals surface area contributed by atoms with Gasteiger partial charge in [0.2, 0.25) is 0 Å². The average molecular weight is 236 g/mol. The van der Waals surface area contributed by atoms with Gasteiger partial charge in [-0.25, -0.2) is 8.78 Å². The topological polar surface area (TPSA) is 24.5 Å². The van der Waals surface area contributed by atoms with Crippen LogP contribution < -0.4 is 5.32 Å². The number of hydrogen-bond donors (Lipinski definition) is 1. The molecule has 1 N–H and O–H groups in total. The summed E-state index contributed by atoms with van der Waals surface area (Å²) in [5.74, 6) is 0. The van der Waals surface area contributed by atoms with E-state index in [-0.39, 0.29) is 12.0 Å². The molecule has 1 aliphatic heterocycles. The van der Waals surface area contributed by atoms with E-state index < -0.39 is 6.43 Å². The highest BCUT2D eigenvalue weighted by Crippen LogP contribution is 2.28. The zero-order valence-electron chi connectivity index (χ0n) is 10.1. The summed E-state index contributed by atoms with van der Waals surface area (Å²) in [6.45, 7) is 5.73. The van der Waals surface area contributed by atoms with Crippen molar-refractivity contribution >= 4 is 0 Å². The molecule has 5 heteroatoms. The van der Waals surface area contributed by atoms with E-state index in [0.29, 0.717) is 13.2 Å². The summed E-state index contributed by atoms with van der Waals surface area (Å²) < 4.78 is 29.9. The molecule has 1 fully saturated rings. The summed E-state index contributed by atoms with van der Waals surface area (Å²) in [6, 6.07) is 0. The summed E-state index contributed by atoms with van der Waals surface area (Å²) >= 11 is 0. The fraction of sp³-hybridized carbons (Fsp3) is 1.00. The van der Waals surface area contributed by atoms with Gasteiger partial charge in [-0.1, -0.05) is 6.92 Å². The van der Waals surface area contributed by atoms with Crippen molar-refractivity contribution in [2.24, 2.45) is 5.41 Å². The van der Waals surface area contributed by atoms with Crippen LogP contribution >= 0.6 is 0 Å². The summed E-state index contributed by atoms with van der Waals surface area (Å²) in [5.41, 5.74) is 0.0135.